The van der Waals surface area contributed by atoms with E-state index in [4.69, 9.17) is 11.6 Å². The molecule has 1 atom stereocenters. The standard InChI is InChI=1S/C15H21ClO/c1-10-5-6-15(9-13(10)16)11(2)7-12(17)8-14(15,3)4/h7H,5-6,8-9H2,1-4H3/t15-/m0/s1. The molecule has 94 valence electrons. The molecule has 0 aromatic rings. The first-order valence-corrected chi connectivity index (χ1v) is 6.72. The lowest BCUT2D eigenvalue weighted by Crippen LogP contribution is -2.44. The van der Waals surface area contributed by atoms with Crippen molar-refractivity contribution in [2.24, 2.45) is 10.8 Å². The Morgan fingerprint density at radius 2 is 1.88 bits per heavy atom. The second-order valence-electron chi connectivity index (χ2n) is 6.30. The van der Waals surface area contributed by atoms with Crippen LogP contribution in [0.3, 0.4) is 0 Å². The van der Waals surface area contributed by atoms with Gasteiger partial charge in [-0.1, -0.05) is 36.6 Å². The fourth-order valence-electron chi connectivity index (χ4n) is 3.52. The van der Waals surface area contributed by atoms with Crippen molar-refractivity contribution in [2.75, 3.05) is 0 Å². The first-order chi connectivity index (χ1) is 7.78. The van der Waals surface area contributed by atoms with Crippen LogP contribution < -0.4 is 0 Å². The molecule has 0 saturated heterocycles. The Hall–Kier alpha value is -0.560. The third-order valence-corrected chi connectivity index (χ3v) is 5.35. The van der Waals surface area contributed by atoms with Gasteiger partial charge in [0.1, 0.15) is 0 Å². The normalized spacial score (nSPS) is 33.0. The van der Waals surface area contributed by atoms with Crippen molar-refractivity contribution in [3.05, 3.63) is 22.3 Å². The molecule has 0 bridgehead atoms. The maximum atomic E-state index is 11.7. The minimum absolute atomic E-state index is 0.0176. The highest BCUT2D eigenvalue weighted by atomic mass is 35.5. The van der Waals surface area contributed by atoms with E-state index in [0.29, 0.717) is 6.42 Å². The lowest BCUT2D eigenvalue weighted by molar-refractivity contribution is -0.119. The molecule has 2 heteroatoms. The Bertz CT molecular complexity index is 428. The molecule has 0 amide bonds. The maximum Gasteiger partial charge on any atom is 0.156 e. The Morgan fingerprint density at radius 1 is 1.24 bits per heavy atom. The summed E-state index contributed by atoms with van der Waals surface area (Å²) in [6.45, 7) is 8.65. The first-order valence-electron chi connectivity index (χ1n) is 6.34. The summed E-state index contributed by atoms with van der Waals surface area (Å²) in [5, 5.41) is 1.01. The topological polar surface area (TPSA) is 17.1 Å². The predicted octanol–water partition coefficient (Wildman–Crippen LogP) is 4.61. The van der Waals surface area contributed by atoms with Gasteiger partial charge in [0, 0.05) is 16.9 Å². The average Bonchev–Trinajstić information content (AvgIpc) is 2.19. The Morgan fingerprint density at radius 3 is 2.41 bits per heavy atom. The Kier molecular flexibility index (Phi) is 3.02. The average molecular weight is 253 g/mol. The number of ketones is 1. The number of halogens is 1. The van der Waals surface area contributed by atoms with Gasteiger partial charge in [0.25, 0.3) is 0 Å². The van der Waals surface area contributed by atoms with Crippen LogP contribution in [0, 0.1) is 10.8 Å². The molecule has 0 N–H and O–H groups in total. The van der Waals surface area contributed by atoms with E-state index in [2.05, 4.69) is 27.7 Å². The van der Waals surface area contributed by atoms with E-state index in [1.807, 2.05) is 6.08 Å². The van der Waals surface area contributed by atoms with Crippen LogP contribution in [-0.4, -0.2) is 5.78 Å². The molecule has 0 fully saturated rings. The minimum atomic E-state index is 0.0176. The molecular formula is C15H21ClO. The Balaban J connectivity index is 2.49. The van der Waals surface area contributed by atoms with Crippen LogP contribution in [-0.2, 0) is 4.79 Å². The molecule has 17 heavy (non-hydrogen) atoms. The molecule has 2 aliphatic rings. The highest BCUT2D eigenvalue weighted by Crippen LogP contribution is 2.59. The smallest absolute Gasteiger partial charge is 0.156 e. The summed E-state index contributed by atoms with van der Waals surface area (Å²) in [6.07, 6.45) is 5.58. The Labute approximate surface area is 109 Å². The van der Waals surface area contributed by atoms with Gasteiger partial charge in [-0.2, -0.15) is 0 Å². The molecule has 1 spiro atoms. The van der Waals surface area contributed by atoms with Gasteiger partial charge in [0.2, 0.25) is 0 Å². The van der Waals surface area contributed by atoms with Crippen molar-refractivity contribution in [3.8, 4) is 0 Å². The second-order valence-corrected chi connectivity index (χ2v) is 6.75. The zero-order valence-corrected chi connectivity index (χ0v) is 11.9. The van der Waals surface area contributed by atoms with E-state index >= 15 is 0 Å². The molecule has 0 unspecified atom stereocenters. The number of carbonyl (C=O) groups is 1. The summed E-state index contributed by atoms with van der Waals surface area (Å²) >= 11 is 6.39. The van der Waals surface area contributed by atoms with Crippen molar-refractivity contribution in [2.45, 2.75) is 53.4 Å². The van der Waals surface area contributed by atoms with E-state index in [-0.39, 0.29) is 16.6 Å². The van der Waals surface area contributed by atoms with Gasteiger partial charge in [-0.15, -0.1) is 0 Å². The minimum Gasteiger partial charge on any atom is -0.295 e. The summed E-state index contributed by atoms with van der Waals surface area (Å²) in [5.41, 5.74) is 2.66. The van der Waals surface area contributed by atoms with Crippen molar-refractivity contribution >= 4 is 17.4 Å². The van der Waals surface area contributed by atoms with Gasteiger partial charge in [-0.25, -0.2) is 0 Å². The molecule has 2 rings (SSSR count). The van der Waals surface area contributed by atoms with Crippen molar-refractivity contribution in [1.29, 1.82) is 0 Å². The third kappa shape index (κ3) is 1.89. The molecule has 0 aromatic carbocycles. The van der Waals surface area contributed by atoms with Gasteiger partial charge in [0.15, 0.2) is 5.78 Å². The van der Waals surface area contributed by atoms with Gasteiger partial charge in [-0.05, 0) is 44.6 Å². The number of carbonyl (C=O) groups excluding carboxylic acids is 1. The third-order valence-electron chi connectivity index (χ3n) is 4.89. The number of hydrogen-bond acceptors (Lipinski definition) is 1. The fraction of sp³-hybridized carbons (Fsp3) is 0.667. The zero-order chi connectivity index (χ0) is 12.8. The molecule has 0 radical (unpaired) electrons. The van der Waals surface area contributed by atoms with Crippen LogP contribution in [0.25, 0.3) is 0 Å². The first kappa shape index (κ1) is 12.9. The van der Waals surface area contributed by atoms with Crippen molar-refractivity contribution in [1.82, 2.24) is 0 Å². The predicted molar refractivity (Wildman–Crippen MR) is 72.0 cm³/mol. The lowest BCUT2D eigenvalue weighted by Gasteiger charge is -2.52. The van der Waals surface area contributed by atoms with Gasteiger partial charge in [0.05, 0.1) is 0 Å². The molecule has 2 aliphatic carbocycles. The van der Waals surface area contributed by atoms with Crippen LogP contribution in [0.5, 0.6) is 0 Å². The molecule has 0 aliphatic heterocycles. The van der Waals surface area contributed by atoms with Gasteiger partial charge >= 0.3 is 0 Å². The zero-order valence-electron chi connectivity index (χ0n) is 11.2. The van der Waals surface area contributed by atoms with Crippen LogP contribution >= 0.6 is 11.6 Å². The molecule has 0 saturated carbocycles. The highest BCUT2D eigenvalue weighted by Gasteiger charge is 2.50. The summed E-state index contributed by atoms with van der Waals surface area (Å²) < 4.78 is 0. The van der Waals surface area contributed by atoms with Crippen molar-refractivity contribution in [3.63, 3.8) is 0 Å². The lowest BCUT2D eigenvalue weighted by atomic mass is 9.52. The number of hydrogen-bond donors (Lipinski definition) is 0. The van der Waals surface area contributed by atoms with Crippen LogP contribution in [0.1, 0.15) is 53.4 Å². The molecule has 0 heterocycles. The van der Waals surface area contributed by atoms with E-state index in [9.17, 15) is 4.79 Å². The second kappa shape index (κ2) is 3.98. The number of allylic oxidation sites excluding steroid dienone is 4. The van der Waals surface area contributed by atoms with E-state index in [0.717, 1.165) is 24.3 Å². The van der Waals surface area contributed by atoms with E-state index < -0.39 is 0 Å². The fourth-order valence-corrected chi connectivity index (χ4v) is 3.85. The number of rotatable bonds is 0. The molecule has 1 nitrogen and oxygen atoms in total. The van der Waals surface area contributed by atoms with E-state index in [1.54, 1.807) is 0 Å². The van der Waals surface area contributed by atoms with Crippen molar-refractivity contribution < 1.29 is 4.79 Å². The maximum absolute atomic E-state index is 11.7. The van der Waals surface area contributed by atoms with Crippen LogP contribution in [0.2, 0.25) is 0 Å². The van der Waals surface area contributed by atoms with Gasteiger partial charge in [-0.3, -0.25) is 4.79 Å². The van der Waals surface area contributed by atoms with Gasteiger partial charge < -0.3 is 0 Å². The monoisotopic (exact) mass is 252 g/mol. The summed E-state index contributed by atoms with van der Waals surface area (Å²) in [7, 11) is 0. The van der Waals surface area contributed by atoms with E-state index in [1.165, 1.54) is 11.1 Å². The summed E-state index contributed by atoms with van der Waals surface area (Å²) in [5.74, 6) is 0.264. The molecule has 0 aromatic heterocycles. The highest BCUT2D eigenvalue weighted by molar-refractivity contribution is 6.30. The summed E-state index contributed by atoms with van der Waals surface area (Å²) in [6, 6.07) is 0. The molecular weight excluding hydrogens is 232 g/mol. The quantitative estimate of drug-likeness (QED) is 0.615. The van der Waals surface area contributed by atoms with Crippen LogP contribution in [0.15, 0.2) is 22.3 Å². The largest absolute Gasteiger partial charge is 0.295 e. The van der Waals surface area contributed by atoms with Crippen LogP contribution in [0.4, 0.5) is 0 Å². The summed E-state index contributed by atoms with van der Waals surface area (Å²) in [4.78, 5) is 11.7. The SMILES string of the molecule is CC1=CC(=O)CC(C)(C)[C@]12CCC(C)=C(Cl)C2.